The summed E-state index contributed by atoms with van der Waals surface area (Å²) in [5.74, 6) is 0.876. The lowest BCUT2D eigenvalue weighted by Crippen LogP contribution is -1.94. The second kappa shape index (κ2) is 5.15. The highest BCUT2D eigenvalue weighted by atomic mass is 32.1. The molecule has 0 amide bonds. The summed E-state index contributed by atoms with van der Waals surface area (Å²) >= 11 is 1.44. The van der Waals surface area contributed by atoms with Gasteiger partial charge in [0.05, 0.1) is 4.88 Å². The molecule has 1 aromatic heterocycles. The summed E-state index contributed by atoms with van der Waals surface area (Å²) in [6, 6.07) is 8.00. The molecule has 0 fully saturated rings. The molecule has 2 rings (SSSR count). The molecule has 0 aliphatic heterocycles. The lowest BCUT2D eigenvalue weighted by molar-refractivity contribution is 0.112. The van der Waals surface area contributed by atoms with E-state index in [0.29, 0.717) is 6.61 Å². The quantitative estimate of drug-likeness (QED) is 0.768. The number of rotatable bonds is 4. The molecule has 17 heavy (non-hydrogen) atoms. The number of thiophene rings is 1. The maximum Gasteiger partial charge on any atom is 0.160 e. The summed E-state index contributed by atoms with van der Waals surface area (Å²) in [6.07, 6.45) is 0.866. The molecule has 0 unspecified atom stereocenters. The molecule has 0 atom stereocenters. The molecule has 0 spiro atoms. The SMILES string of the molecule is Cc1cc(C)cc(OCc2csc(C=O)c2)c1. The van der Waals surface area contributed by atoms with Crippen LogP contribution in [0, 0.1) is 13.8 Å². The van der Waals surface area contributed by atoms with E-state index in [0.717, 1.165) is 22.5 Å². The summed E-state index contributed by atoms with van der Waals surface area (Å²) in [6.45, 7) is 4.61. The van der Waals surface area contributed by atoms with Crippen molar-refractivity contribution in [1.29, 1.82) is 0 Å². The summed E-state index contributed by atoms with van der Waals surface area (Å²) in [4.78, 5) is 11.3. The first-order valence-electron chi connectivity index (χ1n) is 5.41. The van der Waals surface area contributed by atoms with E-state index >= 15 is 0 Å². The largest absolute Gasteiger partial charge is 0.489 e. The van der Waals surface area contributed by atoms with Gasteiger partial charge >= 0.3 is 0 Å². The number of aldehydes is 1. The van der Waals surface area contributed by atoms with Crippen molar-refractivity contribution in [2.75, 3.05) is 0 Å². The summed E-state index contributed by atoms with van der Waals surface area (Å²) in [5, 5.41) is 1.95. The molecule has 0 N–H and O–H groups in total. The minimum Gasteiger partial charge on any atom is -0.489 e. The van der Waals surface area contributed by atoms with Crippen molar-refractivity contribution in [2.45, 2.75) is 20.5 Å². The molecule has 0 bridgehead atoms. The summed E-state index contributed by atoms with van der Waals surface area (Å²) in [5.41, 5.74) is 3.43. The van der Waals surface area contributed by atoms with Gasteiger partial charge < -0.3 is 4.74 Å². The molecule has 3 heteroatoms. The maximum atomic E-state index is 10.6. The van der Waals surface area contributed by atoms with E-state index in [1.165, 1.54) is 22.5 Å². The van der Waals surface area contributed by atoms with Crippen molar-refractivity contribution in [3.05, 3.63) is 51.2 Å². The van der Waals surface area contributed by atoms with Crippen molar-refractivity contribution in [3.8, 4) is 5.75 Å². The highest BCUT2D eigenvalue weighted by Crippen LogP contribution is 2.19. The van der Waals surface area contributed by atoms with E-state index in [-0.39, 0.29) is 0 Å². The number of aryl methyl sites for hydroxylation is 2. The van der Waals surface area contributed by atoms with Crippen molar-refractivity contribution in [1.82, 2.24) is 0 Å². The van der Waals surface area contributed by atoms with E-state index in [1.807, 2.05) is 23.6 Å². The third-order valence-electron chi connectivity index (χ3n) is 2.39. The Balaban J connectivity index is 2.04. The van der Waals surface area contributed by atoms with E-state index in [1.54, 1.807) is 0 Å². The first kappa shape index (κ1) is 11.9. The lowest BCUT2D eigenvalue weighted by atomic mass is 10.1. The number of ether oxygens (including phenoxy) is 1. The van der Waals surface area contributed by atoms with Gasteiger partial charge in [0.15, 0.2) is 6.29 Å². The Kier molecular flexibility index (Phi) is 3.59. The van der Waals surface area contributed by atoms with E-state index < -0.39 is 0 Å². The van der Waals surface area contributed by atoms with Gasteiger partial charge in [0.1, 0.15) is 12.4 Å². The normalized spacial score (nSPS) is 10.2. The molecular formula is C14H14O2S. The van der Waals surface area contributed by atoms with Crippen LogP contribution in [0.1, 0.15) is 26.4 Å². The molecule has 0 saturated carbocycles. The van der Waals surface area contributed by atoms with Crippen molar-refractivity contribution >= 4 is 17.6 Å². The minimum absolute atomic E-state index is 0.507. The van der Waals surface area contributed by atoms with Crippen LogP contribution in [-0.2, 0) is 6.61 Å². The third-order valence-corrected chi connectivity index (χ3v) is 3.30. The Morgan fingerprint density at radius 3 is 2.47 bits per heavy atom. The van der Waals surface area contributed by atoms with Crippen molar-refractivity contribution < 1.29 is 9.53 Å². The van der Waals surface area contributed by atoms with Crippen molar-refractivity contribution in [3.63, 3.8) is 0 Å². The number of benzene rings is 1. The van der Waals surface area contributed by atoms with Crippen LogP contribution in [0.3, 0.4) is 0 Å². The number of hydrogen-bond acceptors (Lipinski definition) is 3. The number of carbonyl (C=O) groups is 1. The monoisotopic (exact) mass is 246 g/mol. The van der Waals surface area contributed by atoms with Gasteiger partial charge in [-0.3, -0.25) is 4.79 Å². The van der Waals surface area contributed by atoms with Crippen LogP contribution < -0.4 is 4.74 Å². The number of hydrogen-bond donors (Lipinski definition) is 0. The third kappa shape index (κ3) is 3.17. The molecule has 0 radical (unpaired) electrons. The van der Waals surface area contributed by atoms with Crippen molar-refractivity contribution in [2.24, 2.45) is 0 Å². The molecule has 0 saturated heterocycles. The first-order chi connectivity index (χ1) is 8.17. The fourth-order valence-corrected chi connectivity index (χ4v) is 2.41. The first-order valence-corrected chi connectivity index (χ1v) is 6.29. The highest BCUT2D eigenvalue weighted by molar-refractivity contribution is 7.11. The van der Waals surface area contributed by atoms with Crippen LogP contribution in [0.2, 0.25) is 0 Å². The Morgan fingerprint density at radius 2 is 1.88 bits per heavy atom. The van der Waals surface area contributed by atoms with E-state index in [2.05, 4.69) is 19.9 Å². The zero-order valence-electron chi connectivity index (χ0n) is 9.90. The smallest absolute Gasteiger partial charge is 0.160 e. The molecule has 88 valence electrons. The molecule has 2 nitrogen and oxygen atoms in total. The van der Waals surface area contributed by atoms with Gasteiger partial charge in [-0.05, 0) is 48.6 Å². The van der Waals surface area contributed by atoms with Crippen LogP contribution >= 0.6 is 11.3 Å². The highest BCUT2D eigenvalue weighted by Gasteiger charge is 2.01. The predicted molar refractivity (Wildman–Crippen MR) is 70.0 cm³/mol. The lowest BCUT2D eigenvalue weighted by Gasteiger charge is -2.07. The second-order valence-corrected chi connectivity index (χ2v) is 5.03. The van der Waals surface area contributed by atoms with Crippen LogP contribution in [0.25, 0.3) is 0 Å². The van der Waals surface area contributed by atoms with Gasteiger partial charge in [-0.15, -0.1) is 11.3 Å². The van der Waals surface area contributed by atoms with Crippen LogP contribution in [-0.4, -0.2) is 6.29 Å². The minimum atomic E-state index is 0.507. The van der Waals surface area contributed by atoms with Gasteiger partial charge in [-0.2, -0.15) is 0 Å². The molecular weight excluding hydrogens is 232 g/mol. The molecule has 1 heterocycles. The van der Waals surface area contributed by atoms with Crippen LogP contribution in [0.5, 0.6) is 5.75 Å². The zero-order chi connectivity index (χ0) is 12.3. The topological polar surface area (TPSA) is 26.3 Å². The average Bonchev–Trinajstić information content (AvgIpc) is 2.73. The van der Waals surface area contributed by atoms with E-state index in [4.69, 9.17) is 4.74 Å². The van der Waals surface area contributed by atoms with Gasteiger partial charge in [-0.1, -0.05) is 6.07 Å². The average molecular weight is 246 g/mol. The Morgan fingerprint density at radius 1 is 1.18 bits per heavy atom. The van der Waals surface area contributed by atoms with Crippen LogP contribution in [0.4, 0.5) is 0 Å². The summed E-state index contributed by atoms with van der Waals surface area (Å²) < 4.78 is 5.70. The van der Waals surface area contributed by atoms with Gasteiger partial charge in [-0.25, -0.2) is 0 Å². The molecule has 0 aliphatic rings. The van der Waals surface area contributed by atoms with Gasteiger partial charge in [0.2, 0.25) is 0 Å². The molecule has 2 aromatic rings. The Labute approximate surface area is 105 Å². The Hall–Kier alpha value is -1.61. The number of carbonyl (C=O) groups excluding carboxylic acids is 1. The van der Waals surface area contributed by atoms with Gasteiger partial charge in [0.25, 0.3) is 0 Å². The fourth-order valence-electron chi connectivity index (χ4n) is 1.71. The standard InChI is InChI=1S/C14H14O2S/c1-10-3-11(2)5-13(4-10)16-8-12-6-14(7-15)17-9-12/h3-7,9H,8H2,1-2H3. The predicted octanol–water partition coefficient (Wildman–Crippen LogP) is 3.76. The zero-order valence-corrected chi connectivity index (χ0v) is 10.7. The maximum absolute atomic E-state index is 10.6. The molecule has 1 aromatic carbocycles. The molecule has 0 aliphatic carbocycles. The van der Waals surface area contributed by atoms with Crippen LogP contribution in [0.15, 0.2) is 29.6 Å². The fraction of sp³-hybridized carbons (Fsp3) is 0.214. The Bertz CT molecular complexity index is 509. The second-order valence-electron chi connectivity index (χ2n) is 4.09. The summed E-state index contributed by atoms with van der Waals surface area (Å²) in [7, 11) is 0. The van der Waals surface area contributed by atoms with E-state index in [9.17, 15) is 4.79 Å². The van der Waals surface area contributed by atoms with Gasteiger partial charge in [0, 0.05) is 5.56 Å².